The molecule has 1 unspecified atom stereocenters. The lowest BCUT2D eigenvalue weighted by Gasteiger charge is -2.20. The summed E-state index contributed by atoms with van der Waals surface area (Å²) in [6.07, 6.45) is 3.01. The first kappa shape index (κ1) is 18.3. The molecule has 0 bridgehead atoms. The number of aromatic nitrogens is 1. The Morgan fingerprint density at radius 2 is 1.93 bits per heavy atom. The standard InChI is InChI=1S/C22H22N2O4/c23-15-7-4-8-17(25)21(15)18(26)10-9-16-22-19(27)11-14(12-20(22)28-24-16)13-5-2-1-3-6-13/h1-3,5-6,14,23,26H,4,7-12H2. The van der Waals surface area contributed by atoms with Gasteiger partial charge in [0.25, 0.3) is 0 Å². The van der Waals surface area contributed by atoms with E-state index in [0.717, 1.165) is 5.56 Å². The van der Waals surface area contributed by atoms with Gasteiger partial charge in [-0.25, -0.2) is 0 Å². The Labute approximate surface area is 162 Å². The summed E-state index contributed by atoms with van der Waals surface area (Å²) in [6.45, 7) is 0. The van der Waals surface area contributed by atoms with Crippen molar-refractivity contribution >= 4 is 17.3 Å². The normalized spacial score (nSPS) is 21.6. The SMILES string of the molecule is N=C1CCCC(=O)C1=C(O)CCc1noc2c1C(=O)CC(c1ccccc1)C2. The Bertz CT molecular complexity index is 954. The van der Waals surface area contributed by atoms with Gasteiger partial charge in [-0.05, 0) is 24.3 Å². The number of rotatable bonds is 4. The van der Waals surface area contributed by atoms with Crippen molar-refractivity contribution in [2.75, 3.05) is 0 Å². The van der Waals surface area contributed by atoms with Crippen molar-refractivity contribution in [3.8, 4) is 0 Å². The lowest BCUT2D eigenvalue weighted by molar-refractivity contribution is -0.115. The Hall–Kier alpha value is -3.02. The number of nitrogens with zero attached hydrogens (tertiary/aromatic N) is 1. The molecule has 2 aliphatic rings. The summed E-state index contributed by atoms with van der Waals surface area (Å²) in [5, 5.41) is 22.3. The molecule has 2 aliphatic carbocycles. The Balaban J connectivity index is 1.51. The Morgan fingerprint density at radius 1 is 1.14 bits per heavy atom. The number of hydrogen-bond acceptors (Lipinski definition) is 6. The summed E-state index contributed by atoms with van der Waals surface area (Å²) < 4.78 is 5.45. The van der Waals surface area contributed by atoms with Crippen molar-refractivity contribution < 1.29 is 19.2 Å². The number of benzene rings is 1. The van der Waals surface area contributed by atoms with E-state index in [1.54, 1.807) is 0 Å². The number of ketones is 2. The third kappa shape index (κ3) is 3.42. The number of carbonyl (C=O) groups is 2. The molecule has 4 rings (SSSR count). The summed E-state index contributed by atoms with van der Waals surface area (Å²) in [5.41, 5.74) is 2.48. The molecule has 28 heavy (non-hydrogen) atoms. The number of aliphatic hydroxyl groups is 1. The van der Waals surface area contributed by atoms with Gasteiger partial charge in [-0.15, -0.1) is 0 Å². The number of carbonyl (C=O) groups excluding carboxylic acids is 2. The largest absolute Gasteiger partial charge is 0.511 e. The number of nitrogens with one attached hydrogen (secondary N) is 1. The highest BCUT2D eigenvalue weighted by Gasteiger charge is 2.33. The molecule has 0 amide bonds. The molecular weight excluding hydrogens is 356 g/mol. The predicted octanol–water partition coefficient (Wildman–Crippen LogP) is 4.10. The molecule has 0 radical (unpaired) electrons. The Kier molecular flexibility index (Phi) is 4.94. The quantitative estimate of drug-likeness (QED) is 0.615. The van der Waals surface area contributed by atoms with E-state index in [1.165, 1.54) is 0 Å². The van der Waals surface area contributed by atoms with Crippen molar-refractivity contribution in [2.45, 2.75) is 50.9 Å². The molecular formula is C22H22N2O4. The number of aliphatic hydroxyl groups excluding tert-OH is 1. The summed E-state index contributed by atoms with van der Waals surface area (Å²) in [4.78, 5) is 24.8. The van der Waals surface area contributed by atoms with Gasteiger partial charge in [-0.3, -0.25) is 9.59 Å². The molecule has 1 heterocycles. The fraction of sp³-hybridized carbons (Fsp3) is 0.364. The summed E-state index contributed by atoms with van der Waals surface area (Å²) in [6, 6.07) is 9.90. The smallest absolute Gasteiger partial charge is 0.168 e. The van der Waals surface area contributed by atoms with Crippen LogP contribution in [0.3, 0.4) is 0 Å². The van der Waals surface area contributed by atoms with Crippen molar-refractivity contribution in [1.82, 2.24) is 5.16 Å². The molecule has 144 valence electrons. The molecule has 1 aromatic heterocycles. The minimum atomic E-state index is -0.183. The highest BCUT2D eigenvalue weighted by molar-refractivity contribution is 6.23. The Morgan fingerprint density at radius 3 is 2.68 bits per heavy atom. The van der Waals surface area contributed by atoms with E-state index in [9.17, 15) is 14.7 Å². The number of hydrogen-bond donors (Lipinski definition) is 2. The zero-order valence-corrected chi connectivity index (χ0v) is 15.5. The molecule has 0 aliphatic heterocycles. The second kappa shape index (κ2) is 7.54. The van der Waals surface area contributed by atoms with Gasteiger partial charge in [0, 0.05) is 37.8 Å². The van der Waals surface area contributed by atoms with Gasteiger partial charge >= 0.3 is 0 Å². The highest BCUT2D eigenvalue weighted by Crippen LogP contribution is 2.34. The van der Waals surface area contributed by atoms with Crippen LogP contribution in [0.4, 0.5) is 0 Å². The number of fused-ring (bicyclic) bond motifs is 1. The summed E-state index contributed by atoms with van der Waals surface area (Å²) >= 11 is 0. The first-order valence-corrected chi connectivity index (χ1v) is 9.63. The van der Waals surface area contributed by atoms with Gasteiger partial charge in [-0.1, -0.05) is 35.5 Å². The average molecular weight is 378 g/mol. The second-order valence-corrected chi connectivity index (χ2v) is 7.44. The molecule has 1 fully saturated rings. The maximum absolute atomic E-state index is 12.7. The predicted molar refractivity (Wildman–Crippen MR) is 103 cm³/mol. The molecule has 2 aromatic rings. The molecule has 2 N–H and O–H groups in total. The molecule has 0 spiro atoms. The molecule has 1 aromatic carbocycles. The van der Waals surface area contributed by atoms with Crippen LogP contribution in [-0.4, -0.2) is 27.5 Å². The number of allylic oxidation sites excluding steroid dienone is 2. The lowest BCUT2D eigenvalue weighted by atomic mass is 9.81. The first-order valence-electron chi connectivity index (χ1n) is 9.63. The molecule has 6 nitrogen and oxygen atoms in total. The summed E-state index contributed by atoms with van der Waals surface area (Å²) in [5.74, 6) is 0.404. The van der Waals surface area contributed by atoms with E-state index in [0.29, 0.717) is 55.5 Å². The minimum absolute atomic E-state index is 0.0000169. The van der Waals surface area contributed by atoms with Crippen LogP contribution in [0.5, 0.6) is 0 Å². The van der Waals surface area contributed by atoms with E-state index in [2.05, 4.69) is 5.16 Å². The molecule has 1 atom stereocenters. The molecule has 1 saturated carbocycles. The van der Waals surface area contributed by atoms with Gasteiger partial charge in [0.1, 0.15) is 11.5 Å². The van der Waals surface area contributed by atoms with E-state index in [1.807, 2.05) is 30.3 Å². The van der Waals surface area contributed by atoms with Crippen LogP contribution in [0.2, 0.25) is 0 Å². The van der Waals surface area contributed by atoms with Crippen LogP contribution in [0.15, 0.2) is 46.2 Å². The van der Waals surface area contributed by atoms with Gasteiger partial charge in [0.15, 0.2) is 11.6 Å². The maximum atomic E-state index is 12.7. The zero-order chi connectivity index (χ0) is 19.7. The minimum Gasteiger partial charge on any atom is -0.511 e. The van der Waals surface area contributed by atoms with Crippen molar-refractivity contribution in [3.05, 3.63) is 64.2 Å². The lowest BCUT2D eigenvalue weighted by Crippen LogP contribution is -2.21. The van der Waals surface area contributed by atoms with Crippen LogP contribution < -0.4 is 0 Å². The third-order valence-corrected chi connectivity index (χ3v) is 5.55. The van der Waals surface area contributed by atoms with Crippen LogP contribution >= 0.6 is 0 Å². The maximum Gasteiger partial charge on any atom is 0.168 e. The van der Waals surface area contributed by atoms with E-state index < -0.39 is 0 Å². The number of aryl methyl sites for hydroxylation is 1. The second-order valence-electron chi connectivity index (χ2n) is 7.44. The van der Waals surface area contributed by atoms with E-state index >= 15 is 0 Å². The molecule has 0 saturated heterocycles. The van der Waals surface area contributed by atoms with Crippen LogP contribution in [0.1, 0.15) is 65.4 Å². The zero-order valence-electron chi connectivity index (χ0n) is 15.5. The first-order chi connectivity index (χ1) is 13.5. The van der Waals surface area contributed by atoms with Gasteiger partial charge in [-0.2, -0.15) is 0 Å². The monoisotopic (exact) mass is 378 g/mol. The van der Waals surface area contributed by atoms with E-state index in [-0.39, 0.29) is 40.9 Å². The van der Waals surface area contributed by atoms with Gasteiger partial charge in [0.2, 0.25) is 0 Å². The fourth-order valence-corrected chi connectivity index (χ4v) is 4.11. The third-order valence-electron chi connectivity index (χ3n) is 5.55. The highest BCUT2D eigenvalue weighted by atomic mass is 16.5. The van der Waals surface area contributed by atoms with Crippen molar-refractivity contribution in [3.63, 3.8) is 0 Å². The molecule has 6 heteroatoms. The van der Waals surface area contributed by atoms with E-state index in [4.69, 9.17) is 9.93 Å². The van der Waals surface area contributed by atoms with Crippen LogP contribution in [-0.2, 0) is 17.6 Å². The average Bonchev–Trinajstić information content (AvgIpc) is 3.10. The van der Waals surface area contributed by atoms with Gasteiger partial charge in [0.05, 0.1) is 16.8 Å². The van der Waals surface area contributed by atoms with Crippen LogP contribution in [0.25, 0.3) is 0 Å². The van der Waals surface area contributed by atoms with Gasteiger partial charge < -0.3 is 15.0 Å². The topological polar surface area (TPSA) is 104 Å². The number of Topliss-reactive ketones (excluding diaryl/α,β-unsaturated/α-hetero) is 2. The van der Waals surface area contributed by atoms with Crippen molar-refractivity contribution in [2.24, 2.45) is 0 Å². The van der Waals surface area contributed by atoms with Crippen molar-refractivity contribution in [1.29, 1.82) is 5.41 Å². The van der Waals surface area contributed by atoms with Crippen LogP contribution in [0, 0.1) is 5.41 Å². The summed E-state index contributed by atoms with van der Waals surface area (Å²) in [7, 11) is 0. The fourth-order valence-electron chi connectivity index (χ4n) is 4.11.